The molecule has 2 aromatic carbocycles. The minimum atomic E-state index is -0.608. The third kappa shape index (κ3) is 1.69. The number of anilines is 1. The van der Waals surface area contributed by atoms with Crippen molar-refractivity contribution in [3.63, 3.8) is 0 Å². The molecule has 0 aliphatic carbocycles. The Morgan fingerprint density at radius 2 is 1.95 bits per heavy atom. The second-order valence-corrected chi connectivity index (χ2v) is 5.71. The molecule has 2 aliphatic heterocycles. The number of rotatable bonds is 1. The molecule has 0 bridgehead atoms. The smallest absolute Gasteiger partial charge is 0.307 e. The number of urea groups is 1. The number of nitrogens with one attached hydrogen (secondary N) is 2. The first kappa shape index (κ1) is 12.7. The van der Waals surface area contributed by atoms with Crippen molar-refractivity contribution in [2.45, 2.75) is 5.66 Å². The molecular weight excluding hydrogens is 286 g/mol. The Morgan fingerprint density at radius 1 is 1.14 bits per heavy atom. The summed E-state index contributed by atoms with van der Waals surface area (Å²) in [7, 11) is 0. The van der Waals surface area contributed by atoms with Gasteiger partial charge in [0.15, 0.2) is 0 Å². The van der Waals surface area contributed by atoms with Gasteiger partial charge in [-0.15, -0.1) is 0 Å². The van der Waals surface area contributed by atoms with Crippen molar-refractivity contribution in [2.75, 3.05) is 18.4 Å². The summed E-state index contributed by atoms with van der Waals surface area (Å²) in [6.45, 7) is 1.42. The number of benzene rings is 2. The van der Waals surface area contributed by atoms with E-state index in [2.05, 4.69) is 10.6 Å². The first-order chi connectivity index (χ1) is 10.2. The van der Waals surface area contributed by atoms with Crippen LogP contribution in [0.1, 0.15) is 11.1 Å². The summed E-state index contributed by atoms with van der Waals surface area (Å²) in [6, 6.07) is 15.6. The Morgan fingerprint density at radius 3 is 2.76 bits per heavy atom. The first-order valence-corrected chi connectivity index (χ1v) is 7.29. The van der Waals surface area contributed by atoms with Gasteiger partial charge in [-0.1, -0.05) is 48.0 Å². The predicted molar refractivity (Wildman–Crippen MR) is 82.4 cm³/mol. The standard InChI is InChI=1S/C16H14ClN3O/c17-12-6-7-13-14(10-12)19-15(21)20-9-8-18-16(13,20)11-4-2-1-3-5-11/h1-7,10,18H,8-9H2,(H,19,21). The Hall–Kier alpha value is -2.04. The van der Waals surface area contributed by atoms with E-state index in [1.807, 2.05) is 47.4 Å². The fraction of sp³-hybridized carbons (Fsp3) is 0.188. The summed E-state index contributed by atoms with van der Waals surface area (Å²) in [6.07, 6.45) is 0. The van der Waals surface area contributed by atoms with Gasteiger partial charge in [-0.3, -0.25) is 10.2 Å². The number of carbonyl (C=O) groups is 1. The van der Waals surface area contributed by atoms with E-state index in [9.17, 15) is 4.79 Å². The van der Waals surface area contributed by atoms with E-state index in [0.717, 1.165) is 23.4 Å². The lowest BCUT2D eigenvalue weighted by atomic mass is 9.88. The molecule has 1 unspecified atom stereocenters. The lowest BCUT2D eigenvalue weighted by Gasteiger charge is -2.43. The minimum absolute atomic E-state index is 0.0985. The van der Waals surface area contributed by atoms with Gasteiger partial charge in [0.2, 0.25) is 0 Å². The topological polar surface area (TPSA) is 44.4 Å². The van der Waals surface area contributed by atoms with Crippen LogP contribution >= 0.6 is 11.6 Å². The van der Waals surface area contributed by atoms with E-state index >= 15 is 0 Å². The van der Waals surface area contributed by atoms with Crippen molar-refractivity contribution in [2.24, 2.45) is 0 Å². The van der Waals surface area contributed by atoms with Crippen molar-refractivity contribution < 1.29 is 4.79 Å². The Labute approximate surface area is 127 Å². The van der Waals surface area contributed by atoms with Crippen molar-refractivity contribution in [1.82, 2.24) is 10.2 Å². The molecule has 21 heavy (non-hydrogen) atoms. The predicted octanol–water partition coefficient (Wildman–Crippen LogP) is 2.99. The second-order valence-electron chi connectivity index (χ2n) is 5.27. The molecule has 0 saturated carbocycles. The van der Waals surface area contributed by atoms with Crippen LogP contribution in [0.15, 0.2) is 48.5 Å². The molecule has 1 fully saturated rings. The average molecular weight is 300 g/mol. The van der Waals surface area contributed by atoms with Gasteiger partial charge in [-0.05, 0) is 17.7 Å². The maximum atomic E-state index is 12.5. The summed E-state index contributed by atoms with van der Waals surface area (Å²) < 4.78 is 0. The molecule has 0 radical (unpaired) electrons. The third-order valence-electron chi connectivity index (χ3n) is 4.17. The van der Waals surface area contributed by atoms with Crippen LogP contribution in [0.25, 0.3) is 0 Å². The van der Waals surface area contributed by atoms with Gasteiger partial charge in [-0.2, -0.15) is 0 Å². The number of hydrogen-bond donors (Lipinski definition) is 2. The highest BCUT2D eigenvalue weighted by Crippen LogP contribution is 2.43. The molecule has 4 nitrogen and oxygen atoms in total. The molecule has 1 saturated heterocycles. The van der Waals surface area contributed by atoms with E-state index in [-0.39, 0.29) is 6.03 Å². The monoisotopic (exact) mass is 299 g/mol. The number of nitrogens with zero attached hydrogens (tertiary/aromatic N) is 1. The molecular formula is C16H14ClN3O. The fourth-order valence-corrected chi connectivity index (χ4v) is 3.49. The van der Waals surface area contributed by atoms with Gasteiger partial charge in [-0.25, -0.2) is 4.79 Å². The highest BCUT2D eigenvalue weighted by atomic mass is 35.5. The fourth-order valence-electron chi connectivity index (χ4n) is 3.32. The van der Waals surface area contributed by atoms with E-state index in [4.69, 9.17) is 11.6 Å². The second kappa shape index (κ2) is 4.48. The molecule has 0 spiro atoms. The summed E-state index contributed by atoms with van der Waals surface area (Å²) in [5, 5.41) is 7.06. The Bertz CT molecular complexity index is 719. The van der Waals surface area contributed by atoms with Gasteiger partial charge in [0.25, 0.3) is 0 Å². The van der Waals surface area contributed by atoms with Crippen molar-refractivity contribution >= 4 is 23.3 Å². The molecule has 2 heterocycles. The van der Waals surface area contributed by atoms with E-state index < -0.39 is 5.66 Å². The van der Waals surface area contributed by atoms with Crippen LogP contribution < -0.4 is 10.6 Å². The van der Waals surface area contributed by atoms with Gasteiger partial charge >= 0.3 is 6.03 Å². The lowest BCUT2D eigenvalue weighted by molar-refractivity contribution is 0.165. The Kier molecular flexibility index (Phi) is 2.71. The number of hydrogen-bond acceptors (Lipinski definition) is 2. The van der Waals surface area contributed by atoms with Crippen LogP contribution in [0.3, 0.4) is 0 Å². The Balaban J connectivity index is 2.01. The van der Waals surface area contributed by atoms with Crippen LogP contribution in [0.2, 0.25) is 5.02 Å². The maximum Gasteiger partial charge on any atom is 0.323 e. The van der Waals surface area contributed by atoms with E-state index in [0.29, 0.717) is 11.6 Å². The van der Waals surface area contributed by atoms with Crippen LogP contribution in [0, 0.1) is 0 Å². The summed E-state index contributed by atoms with van der Waals surface area (Å²) in [4.78, 5) is 14.3. The van der Waals surface area contributed by atoms with E-state index in [1.54, 1.807) is 6.07 Å². The molecule has 4 rings (SSSR count). The SMILES string of the molecule is O=C1Nc2cc(Cl)ccc2C2(c3ccccc3)NCCN12. The van der Waals surface area contributed by atoms with Crippen molar-refractivity contribution in [1.29, 1.82) is 0 Å². The maximum absolute atomic E-state index is 12.5. The average Bonchev–Trinajstić information content (AvgIpc) is 2.94. The van der Waals surface area contributed by atoms with Crippen molar-refractivity contribution in [3.05, 3.63) is 64.7 Å². The van der Waals surface area contributed by atoms with Crippen LogP contribution in [0.5, 0.6) is 0 Å². The molecule has 2 amide bonds. The zero-order valence-electron chi connectivity index (χ0n) is 11.3. The number of amides is 2. The van der Waals surface area contributed by atoms with Crippen LogP contribution in [-0.2, 0) is 5.66 Å². The summed E-state index contributed by atoms with van der Waals surface area (Å²) in [5.74, 6) is 0. The van der Waals surface area contributed by atoms with Crippen LogP contribution in [-0.4, -0.2) is 24.0 Å². The largest absolute Gasteiger partial charge is 0.323 e. The van der Waals surface area contributed by atoms with Crippen LogP contribution in [0.4, 0.5) is 10.5 Å². The summed E-state index contributed by atoms with van der Waals surface area (Å²) >= 11 is 6.07. The molecule has 2 aromatic rings. The number of halogens is 1. The number of carbonyl (C=O) groups excluding carboxylic acids is 1. The minimum Gasteiger partial charge on any atom is -0.307 e. The summed E-state index contributed by atoms with van der Waals surface area (Å²) in [5.41, 5.74) is 2.24. The molecule has 5 heteroatoms. The molecule has 1 atom stereocenters. The molecule has 0 aromatic heterocycles. The van der Waals surface area contributed by atoms with E-state index in [1.165, 1.54) is 0 Å². The zero-order chi connectivity index (χ0) is 14.4. The quantitative estimate of drug-likeness (QED) is 0.850. The zero-order valence-corrected chi connectivity index (χ0v) is 12.0. The van der Waals surface area contributed by atoms with Crippen molar-refractivity contribution in [3.8, 4) is 0 Å². The van der Waals surface area contributed by atoms with Gasteiger partial charge in [0.1, 0.15) is 5.66 Å². The highest BCUT2D eigenvalue weighted by Gasteiger charge is 2.50. The number of fused-ring (bicyclic) bond motifs is 3. The lowest BCUT2D eigenvalue weighted by Crippen LogP contribution is -2.56. The molecule has 2 aliphatic rings. The van der Waals surface area contributed by atoms with Gasteiger partial charge in [0, 0.05) is 23.7 Å². The van der Waals surface area contributed by atoms with Gasteiger partial charge < -0.3 is 5.32 Å². The molecule has 106 valence electrons. The first-order valence-electron chi connectivity index (χ1n) is 6.91. The normalized spacial score (nSPS) is 23.5. The molecule has 2 N–H and O–H groups in total. The highest BCUT2D eigenvalue weighted by molar-refractivity contribution is 6.31. The third-order valence-corrected chi connectivity index (χ3v) is 4.41. The van der Waals surface area contributed by atoms with Gasteiger partial charge in [0.05, 0.1) is 5.69 Å².